The Bertz CT molecular complexity index is 333. The number of hydrogen-bond donors (Lipinski definition) is 1. The number of aromatic nitrogens is 5. The fraction of sp³-hybridized carbons (Fsp3) is 0. The van der Waals surface area contributed by atoms with Crippen LogP contribution >= 0.6 is 0 Å². The first-order valence-corrected chi connectivity index (χ1v) is 4.43. The van der Waals surface area contributed by atoms with Gasteiger partial charge in [-0.2, -0.15) is 0 Å². The standard InChI is InChI=1S/C6H5N5.CH2.Pd/c1-2-7-6(8-3-1)5-4-9-11-10-5;;/h1-4H,(H,9,10,11);1H2;. The second-order valence-corrected chi connectivity index (χ2v) is 1.93. The molecule has 2 heterocycles. The van der Waals surface area contributed by atoms with Crippen molar-refractivity contribution >= 4 is 4.99 Å². The third-order valence-electron chi connectivity index (χ3n) is 1.21. The van der Waals surface area contributed by atoms with Crippen LogP contribution < -0.4 is 0 Å². The van der Waals surface area contributed by atoms with Crippen molar-refractivity contribution in [2.75, 3.05) is 0 Å². The summed E-state index contributed by atoms with van der Waals surface area (Å²) >= 11 is 2.50. The van der Waals surface area contributed by atoms with E-state index in [4.69, 9.17) is 0 Å². The maximum absolute atomic E-state index is 3.99. The topological polar surface area (TPSA) is 67.3 Å². The summed E-state index contributed by atoms with van der Waals surface area (Å²) in [5.41, 5.74) is 0.658. The molecule has 0 fully saturated rings. The molecule has 0 radical (unpaired) electrons. The predicted octanol–water partition coefficient (Wildman–Crippen LogP) is 0.227. The van der Waals surface area contributed by atoms with E-state index in [0.717, 1.165) is 0 Å². The molecule has 0 amide bonds. The Kier molecular flexibility index (Phi) is 4.09. The zero-order chi connectivity index (χ0) is 9.52. The molecule has 2 aromatic rings. The van der Waals surface area contributed by atoms with Crippen molar-refractivity contribution in [2.24, 2.45) is 0 Å². The predicted molar refractivity (Wildman–Crippen MR) is 44.5 cm³/mol. The summed E-state index contributed by atoms with van der Waals surface area (Å²) in [6, 6.07) is 1.75. The van der Waals surface area contributed by atoms with Crippen LogP contribution in [0.5, 0.6) is 0 Å². The molecule has 1 N–H and O–H groups in total. The fourth-order valence-corrected chi connectivity index (χ4v) is 0.742. The fourth-order valence-electron chi connectivity index (χ4n) is 0.742. The van der Waals surface area contributed by atoms with Crippen LogP contribution in [0.4, 0.5) is 0 Å². The Morgan fingerprint density at radius 2 is 1.92 bits per heavy atom. The smallest absolute Gasteiger partial charge is 0.181 e. The summed E-state index contributed by atoms with van der Waals surface area (Å²) in [6.45, 7) is 0. The van der Waals surface area contributed by atoms with Crippen LogP contribution in [0.3, 0.4) is 0 Å². The van der Waals surface area contributed by atoms with E-state index < -0.39 is 0 Å². The Labute approximate surface area is 85.5 Å². The number of hydrogen-bond acceptors (Lipinski definition) is 4. The molecule has 2 aromatic heterocycles. The van der Waals surface area contributed by atoms with Gasteiger partial charge in [-0.1, -0.05) is 5.21 Å². The van der Waals surface area contributed by atoms with Crippen LogP contribution in [0.25, 0.3) is 11.5 Å². The minimum atomic E-state index is 0.584. The van der Waals surface area contributed by atoms with E-state index in [0.29, 0.717) is 11.5 Å². The Balaban J connectivity index is 0.000000396. The van der Waals surface area contributed by atoms with Gasteiger partial charge >= 0.3 is 23.7 Å². The summed E-state index contributed by atoms with van der Waals surface area (Å²) in [6.07, 6.45) is 4.98. The van der Waals surface area contributed by atoms with Crippen molar-refractivity contribution in [3.63, 3.8) is 0 Å². The first-order valence-electron chi connectivity index (χ1n) is 3.33. The van der Waals surface area contributed by atoms with E-state index in [-0.39, 0.29) is 0 Å². The van der Waals surface area contributed by atoms with Gasteiger partial charge in [-0.3, -0.25) is 5.10 Å². The zero-order valence-corrected chi connectivity index (χ0v) is 8.18. The molecule has 2 rings (SSSR count). The molecule has 0 aromatic carbocycles. The second kappa shape index (κ2) is 5.41. The summed E-state index contributed by atoms with van der Waals surface area (Å²) in [7, 11) is 0. The van der Waals surface area contributed by atoms with Crippen molar-refractivity contribution < 1.29 is 18.7 Å². The zero-order valence-electron chi connectivity index (χ0n) is 6.62. The molecule has 0 atom stereocenters. The number of nitrogens with one attached hydrogen (secondary N) is 1. The molecular formula is C7H7N5Pd. The van der Waals surface area contributed by atoms with Gasteiger partial charge in [0.05, 0.1) is 6.20 Å². The molecule has 0 aliphatic heterocycles. The first-order chi connectivity index (χ1) is 6.47. The molecule has 5 nitrogen and oxygen atoms in total. The van der Waals surface area contributed by atoms with Crippen LogP contribution in [0.15, 0.2) is 24.7 Å². The molecule has 0 saturated heterocycles. The summed E-state index contributed by atoms with van der Waals surface area (Å²) in [5, 5.41) is 9.89. The van der Waals surface area contributed by atoms with Gasteiger partial charge < -0.3 is 0 Å². The van der Waals surface area contributed by atoms with Crippen LogP contribution in [-0.4, -0.2) is 30.4 Å². The van der Waals surface area contributed by atoms with Gasteiger partial charge in [0.1, 0.15) is 5.69 Å². The van der Waals surface area contributed by atoms with E-state index in [9.17, 15) is 0 Å². The molecule has 0 spiro atoms. The molecule has 6 heteroatoms. The van der Waals surface area contributed by atoms with E-state index in [1.54, 1.807) is 24.7 Å². The largest absolute Gasteiger partial charge is 0.265 e. The van der Waals surface area contributed by atoms with E-state index in [2.05, 4.69) is 49.1 Å². The van der Waals surface area contributed by atoms with Gasteiger partial charge in [-0.15, -0.1) is 5.10 Å². The molecule has 0 saturated carbocycles. The van der Waals surface area contributed by atoms with Gasteiger partial charge in [0.15, 0.2) is 5.82 Å². The molecule has 13 heavy (non-hydrogen) atoms. The second-order valence-electron chi connectivity index (χ2n) is 1.93. The van der Waals surface area contributed by atoms with Crippen molar-refractivity contribution in [3.05, 3.63) is 24.7 Å². The maximum atomic E-state index is 3.99. The number of aromatic amines is 1. The van der Waals surface area contributed by atoms with Gasteiger partial charge in [0, 0.05) is 12.4 Å². The van der Waals surface area contributed by atoms with Crippen molar-refractivity contribution in [3.8, 4) is 11.5 Å². The van der Waals surface area contributed by atoms with Crippen molar-refractivity contribution in [1.29, 1.82) is 0 Å². The van der Waals surface area contributed by atoms with Gasteiger partial charge in [-0.05, 0) is 6.07 Å². The molecule has 0 aliphatic rings. The first kappa shape index (κ1) is 9.84. The SMILES string of the molecule is [CH2]=[Pd].c1cnc(-c2c[nH]nn2)nc1. The van der Waals surface area contributed by atoms with Gasteiger partial charge in [0.2, 0.25) is 0 Å². The Morgan fingerprint density at radius 3 is 2.46 bits per heavy atom. The molecular weight excluding hydrogens is 261 g/mol. The minimum Gasteiger partial charge on any atom is -0.265 e. The molecule has 0 aliphatic carbocycles. The Hall–Kier alpha value is -1.25. The molecule has 0 bridgehead atoms. The van der Waals surface area contributed by atoms with Crippen LogP contribution in [-0.2, 0) is 18.7 Å². The van der Waals surface area contributed by atoms with Crippen LogP contribution in [0.2, 0.25) is 0 Å². The van der Waals surface area contributed by atoms with Crippen LogP contribution in [0.1, 0.15) is 0 Å². The van der Waals surface area contributed by atoms with E-state index in [1.807, 2.05) is 0 Å². The summed E-state index contributed by atoms with van der Waals surface area (Å²) in [5.74, 6) is 0.584. The van der Waals surface area contributed by atoms with Gasteiger partial charge in [0.25, 0.3) is 0 Å². The summed E-state index contributed by atoms with van der Waals surface area (Å²) in [4.78, 5) is 11.1. The average molecular weight is 268 g/mol. The maximum Gasteiger partial charge on any atom is 0.181 e. The van der Waals surface area contributed by atoms with Crippen molar-refractivity contribution in [1.82, 2.24) is 25.4 Å². The van der Waals surface area contributed by atoms with E-state index >= 15 is 0 Å². The quantitative estimate of drug-likeness (QED) is 0.751. The average Bonchev–Trinajstić information content (AvgIpc) is 2.75. The molecule has 0 unspecified atom stereocenters. The summed E-state index contributed by atoms with van der Waals surface area (Å²) < 4.78 is 0. The van der Waals surface area contributed by atoms with Crippen molar-refractivity contribution in [2.45, 2.75) is 0 Å². The molecule has 70 valence electrons. The third-order valence-corrected chi connectivity index (χ3v) is 1.21. The van der Waals surface area contributed by atoms with Crippen LogP contribution in [0, 0.1) is 0 Å². The normalized spacial score (nSPS) is 8.77. The monoisotopic (exact) mass is 267 g/mol. The minimum absolute atomic E-state index is 0.584. The van der Waals surface area contributed by atoms with E-state index in [1.165, 1.54) is 0 Å². The Morgan fingerprint density at radius 1 is 1.23 bits per heavy atom. The number of rotatable bonds is 1. The third kappa shape index (κ3) is 2.61. The number of nitrogens with zero attached hydrogens (tertiary/aromatic N) is 4. The number of H-pyrrole nitrogens is 1. The van der Waals surface area contributed by atoms with Gasteiger partial charge in [-0.25, -0.2) is 9.97 Å².